The number of methoxy groups -OCH3 is 2. The third kappa shape index (κ3) is 3.62. The van der Waals surface area contributed by atoms with Gasteiger partial charge in [-0.2, -0.15) is 0 Å². The number of benzene rings is 1. The molecule has 1 aromatic carbocycles. The van der Waals surface area contributed by atoms with Gasteiger partial charge < -0.3 is 24.3 Å². The number of nitrogens with one attached hydrogen (secondary N) is 1. The predicted molar refractivity (Wildman–Crippen MR) is 76.5 cm³/mol. The van der Waals surface area contributed by atoms with E-state index in [4.69, 9.17) is 18.9 Å². The van der Waals surface area contributed by atoms with E-state index in [0.29, 0.717) is 13.2 Å². The zero-order valence-corrected chi connectivity index (χ0v) is 12.3. The van der Waals surface area contributed by atoms with Crippen LogP contribution in [0.15, 0.2) is 18.2 Å². The molecule has 0 spiro atoms. The summed E-state index contributed by atoms with van der Waals surface area (Å²) < 4.78 is 21.9. The Labute approximate surface area is 120 Å². The average molecular weight is 281 g/mol. The highest BCUT2D eigenvalue weighted by Gasteiger charge is 2.20. The Kier molecular flexibility index (Phi) is 5.64. The molecule has 1 heterocycles. The number of rotatable bonds is 7. The van der Waals surface area contributed by atoms with E-state index < -0.39 is 0 Å². The monoisotopic (exact) mass is 281 g/mol. The highest BCUT2D eigenvalue weighted by molar-refractivity contribution is 5.42. The van der Waals surface area contributed by atoms with E-state index in [0.717, 1.165) is 30.1 Å². The van der Waals surface area contributed by atoms with Gasteiger partial charge in [0, 0.05) is 18.2 Å². The molecule has 0 aromatic heterocycles. The molecular formula is C15H23NO4. The second-order valence-electron chi connectivity index (χ2n) is 4.77. The summed E-state index contributed by atoms with van der Waals surface area (Å²) >= 11 is 0. The van der Waals surface area contributed by atoms with Crippen LogP contribution in [0.4, 0.5) is 0 Å². The fourth-order valence-electron chi connectivity index (χ4n) is 2.31. The molecule has 0 aliphatic carbocycles. The molecule has 0 amide bonds. The van der Waals surface area contributed by atoms with Crippen molar-refractivity contribution in [3.05, 3.63) is 23.8 Å². The first-order valence-corrected chi connectivity index (χ1v) is 6.87. The van der Waals surface area contributed by atoms with Crippen LogP contribution in [0.1, 0.15) is 18.0 Å². The molecular weight excluding hydrogens is 258 g/mol. The average Bonchev–Trinajstić information content (AvgIpc) is 3.01. The van der Waals surface area contributed by atoms with Crippen molar-refractivity contribution < 1.29 is 18.9 Å². The topological polar surface area (TPSA) is 49.0 Å². The van der Waals surface area contributed by atoms with Gasteiger partial charge >= 0.3 is 0 Å². The van der Waals surface area contributed by atoms with E-state index in [-0.39, 0.29) is 12.1 Å². The lowest BCUT2D eigenvalue weighted by Crippen LogP contribution is -2.25. The molecule has 1 N–H and O–H groups in total. The van der Waals surface area contributed by atoms with Crippen molar-refractivity contribution in [1.82, 2.24) is 5.32 Å². The van der Waals surface area contributed by atoms with E-state index >= 15 is 0 Å². The lowest BCUT2D eigenvalue weighted by molar-refractivity contribution is 0.0305. The van der Waals surface area contributed by atoms with Crippen LogP contribution in [0.5, 0.6) is 11.5 Å². The highest BCUT2D eigenvalue weighted by Crippen LogP contribution is 2.30. The molecule has 5 nitrogen and oxygen atoms in total. The molecule has 5 heteroatoms. The van der Waals surface area contributed by atoms with Crippen molar-refractivity contribution in [2.24, 2.45) is 0 Å². The smallest absolute Gasteiger partial charge is 0.127 e. The summed E-state index contributed by atoms with van der Waals surface area (Å²) in [6, 6.07) is 5.91. The number of likely N-dealkylation sites (N-methyl/N-ethyl adjacent to an activating group) is 1. The SMILES string of the molecule is CNC(COC1CCOC1)c1ccc(OC)cc1OC. The molecule has 0 saturated carbocycles. The Morgan fingerprint density at radius 2 is 2.20 bits per heavy atom. The Balaban J connectivity index is 2.05. The lowest BCUT2D eigenvalue weighted by atomic mass is 10.1. The molecule has 0 bridgehead atoms. The van der Waals surface area contributed by atoms with E-state index in [1.807, 2.05) is 25.2 Å². The molecule has 1 aliphatic rings. The van der Waals surface area contributed by atoms with Gasteiger partial charge in [0.2, 0.25) is 0 Å². The fourth-order valence-corrected chi connectivity index (χ4v) is 2.31. The minimum Gasteiger partial charge on any atom is -0.497 e. The summed E-state index contributed by atoms with van der Waals surface area (Å²) in [7, 11) is 5.23. The van der Waals surface area contributed by atoms with Gasteiger partial charge in [0.1, 0.15) is 11.5 Å². The van der Waals surface area contributed by atoms with Gasteiger partial charge in [0.25, 0.3) is 0 Å². The number of hydrogen-bond donors (Lipinski definition) is 1. The predicted octanol–water partition coefficient (Wildman–Crippen LogP) is 1.77. The van der Waals surface area contributed by atoms with Crippen LogP contribution in [-0.2, 0) is 9.47 Å². The summed E-state index contributed by atoms with van der Waals surface area (Å²) in [5.41, 5.74) is 1.06. The summed E-state index contributed by atoms with van der Waals surface area (Å²) in [4.78, 5) is 0. The minimum absolute atomic E-state index is 0.0801. The maximum Gasteiger partial charge on any atom is 0.127 e. The van der Waals surface area contributed by atoms with Crippen LogP contribution >= 0.6 is 0 Å². The highest BCUT2D eigenvalue weighted by atomic mass is 16.5. The first kappa shape index (κ1) is 15.1. The second kappa shape index (κ2) is 7.47. The van der Waals surface area contributed by atoms with Crippen LogP contribution in [0, 0.1) is 0 Å². The van der Waals surface area contributed by atoms with Gasteiger partial charge in [-0.05, 0) is 25.6 Å². The van der Waals surface area contributed by atoms with Gasteiger partial charge in [-0.3, -0.25) is 0 Å². The normalized spacial score (nSPS) is 19.9. The van der Waals surface area contributed by atoms with Crippen molar-refractivity contribution in [2.45, 2.75) is 18.6 Å². The van der Waals surface area contributed by atoms with Crippen LogP contribution in [0.2, 0.25) is 0 Å². The molecule has 1 saturated heterocycles. The first-order chi connectivity index (χ1) is 9.78. The molecule has 1 aliphatic heterocycles. The summed E-state index contributed by atoms with van der Waals surface area (Å²) in [5, 5.41) is 3.27. The Morgan fingerprint density at radius 1 is 1.35 bits per heavy atom. The quantitative estimate of drug-likeness (QED) is 0.825. The third-order valence-corrected chi connectivity index (χ3v) is 3.55. The molecule has 2 rings (SSSR count). The van der Waals surface area contributed by atoms with Crippen LogP contribution in [-0.4, -0.2) is 47.2 Å². The Bertz CT molecular complexity index is 418. The fraction of sp³-hybridized carbons (Fsp3) is 0.600. The summed E-state index contributed by atoms with van der Waals surface area (Å²) in [5.74, 6) is 1.58. The van der Waals surface area contributed by atoms with Gasteiger partial charge in [-0.25, -0.2) is 0 Å². The molecule has 20 heavy (non-hydrogen) atoms. The van der Waals surface area contributed by atoms with Crippen molar-refractivity contribution in [3.8, 4) is 11.5 Å². The lowest BCUT2D eigenvalue weighted by Gasteiger charge is -2.21. The van der Waals surface area contributed by atoms with Crippen molar-refractivity contribution >= 4 is 0 Å². The minimum atomic E-state index is 0.0801. The third-order valence-electron chi connectivity index (χ3n) is 3.55. The largest absolute Gasteiger partial charge is 0.497 e. The van der Waals surface area contributed by atoms with Gasteiger partial charge in [-0.15, -0.1) is 0 Å². The first-order valence-electron chi connectivity index (χ1n) is 6.87. The van der Waals surface area contributed by atoms with Crippen molar-refractivity contribution in [1.29, 1.82) is 0 Å². The zero-order chi connectivity index (χ0) is 14.4. The number of hydrogen-bond acceptors (Lipinski definition) is 5. The standard InChI is InChI=1S/C15H23NO4/c1-16-14(10-20-12-6-7-19-9-12)13-5-4-11(17-2)8-15(13)18-3/h4-5,8,12,14,16H,6-7,9-10H2,1-3H3. The maximum atomic E-state index is 5.89. The van der Waals surface area contributed by atoms with Crippen molar-refractivity contribution in [3.63, 3.8) is 0 Å². The molecule has 1 aromatic rings. The van der Waals surface area contributed by atoms with E-state index in [9.17, 15) is 0 Å². The van der Waals surface area contributed by atoms with Gasteiger partial charge in [-0.1, -0.05) is 0 Å². The molecule has 1 fully saturated rings. The van der Waals surface area contributed by atoms with Crippen LogP contribution in [0.3, 0.4) is 0 Å². The van der Waals surface area contributed by atoms with Gasteiger partial charge in [0.05, 0.1) is 39.6 Å². The van der Waals surface area contributed by atoms with Crippen LogP contribution < -0.4 is 14.8 Å². The zero-order valence-electron chi connectivity index (χ0n) is 12.3. The van der Waals surface area contributed by atoms with Gasteiger partial charge in [0.15, 0.2) is 0 Å². The maximum absolute atomic E-state index is 5.89. The molecule has 112 valence electrons. The Hall–Kier alpha value is -1.30. The summed E-state index contributed by atoms with van der Waals surface area (Å²) in [6.07, 6.45) is 1.17. The molecule has 2 atom stereocenters. The van der Waals surface area contributed by atoms with E-state index in [2.05, 4.69) is 5.32 Å². The van der Waals surface area contributed by atoms with E-state index in [1.54, 1.807) is 14.2 Å². The van der Waals surface area contributed by atoms with Crippen LogP contribution in [0.25, 0.3) is 0 Å². The molecule has 2 unspecified atom stereocenters. The van der Waals surface area contributed by atoms with E-state index in [1.165, 1.54) is 0 Å². The number of ether oxygens (including phenoxy) is 4. The Morgan fingerprint density at radius 3 is 2.80 bits per heavy atom. The second-order valence-corrected chi connectivity index (χ2v) is 4.77. The molecule has 0 radical (unpaired) electrons. The van der Waals surface area contributed by atoms with Crippen molar-refractivity contribution in [2.75, 3.05) is 41.1 Å². The summed E-state index contributed by atoms with van der Waals surface area (Å²) in [6.45, 7) is 2.07.